The SMILES string of the molecule is C/C=C/C1=C(C/C(C)=C/C(C)(C)CCC)CCN1. The first-order valence-electron chi connectivity index (χ1n) is 7.25. The Labute approximate surface area is 113 Å². The van der Waals surface area contributed by atoms with Gasteiger partial charge in [-0.3, -0.25) is 0 Å². The molecule has 18 heavy (non-hydrogen) atoms. The highest BCUT2D eigenvalue weighted by molar-refractivity contribution is 5.31. The molecule has 1 heteroatoms. The van der Waals surface area contributed by atoms with E-state index in [1.165, 1.54) is 30.5 Å². The molecule has 0 spiro atoms. The lowest BCUT2D eigenvalue weighted by molar-refractivity contribution is 0.428. The minimum Gasteiger partial charge on any atom is -0.385 e. The summed E-state index contributed by atoms with van der Waals surface area (Å²) < 4.78 is 0. The van der Waals surface area contributed by atoms with E-state index in [4.69, 9.17) is 0 Å². The van der Waals surface area contributed by atoms with E-state index in [0.717, 1.165) is 13.0 Å². The third-order valence-electron chi connectivity index (χ3n) is 3.48. The summed E-state index contributed by atoms with van der Waals surface area (Å²) in [5.41, 5.74) is 4.76. The minimum atomic E-state index is 0.339. The highest BCUT2D eigenvalue weighted by Crippen LogP contribution is 2.29. The van der Waals surface area contributed by atoms with E-state index >= 15 is 0 Å². The molecular formula is C17H29N. The van der Waals surface area contributed by atoms with Gasteiger partial charge in [0.25, 0.3) is 0 Å². The molecule has 1 nitrogen and oxygen atoms in total. The molecular weight excluding hydrogens is 218 g/mol. The van der Waals surface area contributed by atoms with Gasteiger partial charge in [-0.2, -0.15) is 0 Å². The zero-order valence-electron chi connectivity index (χ0n) is 12.8. The van der Waals surface area contributed by atoms with Crippen LogP contribution in [-0.2, 0) is 0 Å². The molecule has 102 valence electrons. The maximum atomic E-state index is 3.47. The van der Waals surface area contributed by atoms with Crippen LogP contribution in [0.3, 0.4) is 0 Å². The predicted molar refractivity (Wildman–Crippen MR) is 81.5 cm³/mol. The van der Waals surface area contributed by atoms with Gasteiger partial charge < -0.3 is 5.32 Å². The van der Waals surface area contributed by atoms with Crippen molar-refractivity contribution in [3.63, 3.8) is 0 Å². The van der Waals surface area contributed by atoms with Gasteiger partial charge in [0, 0.05) is 12.2 Å². The van der Waals surface area contributed by atoms with Crippen molar-refractivity contribution in [1.82, 2.24) is 5.32 Å². The Balaban J connectivity index is 2.72. The molecule has 0 unspecified atom stereocenters. The van der Waals surface area contributed by atoms with E-state index in [2.05, 4.69) is 58.2 Å². The van der Waals surface area contributed by atoms with Crippen LogP contribution in [0, 0.1) is 5.41 Å². The van der Waals surface area contributed by atoms with Crippen molar-refractivity contribution in [1.29, 1.82) is 0 Å². The molecule has 0 radical (unpaired) electrons. The Morgan fingerprint density at radius 2 is 2.11 bits per heavy atom. The Kier molecular flexibility index (Phi) is 5.71. The highest BCUT2D eigenvalue weighted by atomic mass is 14.9. The topological polar surface area (TPSA) is 12.0 Å². The van der Waals surface area contributed by atoms with Crippen LogP contribution in [0.15, 0.2) is 35.1 Å². The van der Waals surface area contributed by atoms with E-state index in [1.54, 1.807) is 5.57 Å². The molecule has 0 aromatic rings. The predicted octanol–water partition coefficient (Wildman–Crippen LogP) is 4.97. The average Bonchev–Trinajstić information content (AvgIpc) is 2.65. The van der Waals surface area contributed by atoms with Crippen LogP contribution < -0.4 is 5.32 Å². The lowest BCUT2D eigenvalue weighted by Crippen LogP contribution is -2.07. The number of nitrogens with one attached hydrogen (secondary N) is 1. The quantitative estimate of drug-likeness (QED) is 0.653. The zero-order valence-corrected chi connectivity index (χ0v) is 12.8. The van der Waals surface area contributed by atoms with Crippen molar-refractivity contribution in [3.8, 4) is 0 Å². The summed E-state index contributed by atoms with van der Waals surface area (Å²) in [6.07, 6.45) is 11.6. The van der Waals surface area contributed by atoms with Gasteiger partial charge >= 0.3 is 0 Å². The van der Waals surface area contributed by atoms with Crippen LogP contribution >= 0.6 is 0 Å². The average molecular weight is 247 g/mol. The van der Waals surface area contributed by atoms with E-state index in [1.807, 2.05) is 0 Å². The van der Waals surface area contributed by atoms with E-state index in [9.17, 15) is 0 Å². The molecule has 1 heterocycles. The number of hydrogen-bond acceptors (Lipinski definition) is 1. The second-order valence-corrected chi connectivity index (χ2v) is 6.10. The van der Waals surface area contributed by atoms with Gasteiger partial charge in [0.2, 0.25) is 0 Å². The van der Waals surface area contributed by atoms with Crippen molar-refractivity contribution in [2.24, 2.45) is 5.41 Å². The summed E-state index contributed by atoms with van der Waals surface area (Å²) in [6.45, 7) is 12.4. The second-order valence-electron chi connectivity index (χ2n) is 6.10. The molecule has 0 aliphatic carbocycles. The van der Waals surface area contributed by atoms with Gasteiger partial charge in [0.1, 0.15) is 0 Å². The number of hydrogen-bond donors (Lipinski definition) is 1. The fraction of sp³-hybridized carbons (Fsp3) is 0.647. The van der Waals surface area contributed by atoms with Gasteiger partial charge in [0.15, 0.2) is 0 Å². The molecule has 0 fully saturated rings. The van der Waals surface area contributed by atoms with Gasteiger partial charge in [-0.05, 0) is 50.2 Å². The van der Waals surface area contributed by atoms with Crippen molar-refractivity contribution in [2.75, 3.05) is 6.54 Å². The van der Waals surface area contributed by atoms with Crippen molar-refractivity contribution < 1.29 is 0 Å². The summed E-state index contributed by atoms with van der Waals surface area (Å²) >= 11 is 0. The van der Waals surface area contributed by atoms with E-state index < -0.39 is 0 Å². The molecule has 1 aliphatic heterocycles. The molecule has 1 rings (SSSR count). The van der Waals surface area contributed by atoms with Crippen LogP contribution in [0.2, 0.25) is 0 Å². The molecule has 0 aromatic heterocycles. The van der Waals surface area contributed by atoms with Gasteiger partial charge in [0.05, 0.1) is 0 Å². The Morgan fingerprint density at radius 1 is 1.39 bits per heavy atom. The zero-order chi connectivity index (χ0) is 13.6. The van der Waals surface area contributed by atoms with Crippen LogP contribution in [0.4, 0.5) is 0 Å². The Morgan fingerprint density at radius 3 is 2.72 bits per heavy atom. The fourth-order valence-corrected chi connectivity index (χ4v) is 2.91. The maximum Gasteiger partial charge on any atom is 0.0332 e. The van der Waals surface area contributed by atoms with Crippen LogP contribution in [0.1, 0.15) is 60.3 Å². The molecule has 0 atom stereocenters. The minimum absolute atomic E-state index is 0.339. The normalized spacial score (nSPS) is 17.7. The van der Waals surface area contributed by atoms with E-state index in [-0.39, 0.29) is 0 Å². The first-order valence-corrected chi connectivity index (χ1v) is 7.25. The molecule has 0 saturated heterocycles. The van der Waals surface area contributed by atoms with Crippen LogP contribution in [-0.4, -0.2) is 6.54 Å². The molecule has 0 aromatic carbocycles. The van der Waals surface area contributed by atoms with Gasteiger partial charge in [-0.15, -0.1) is 0 Å². The summed E-state index contributed by atoms with van der Waals surface area (Å²) in [5.74, 6) is 0. The lowest BCUT2D eigenvalue weighted by atomic mass is 9.85. The van der Waals surface area contributed by atoms with Crippen molar-refractivity contribution >= 4 is 0 Å². The van der Waals surface area contributed by atoms with Crippen molar-refractivity contribution in [3.05, 3.63) is 35.1 Å². The smallest absolute Gasteiger partial charge is 0.0332 e. The fourth-order valence-electron chi connectivity index (χ4n) is 2.91. The standard InChI is InChI=1S/C17H29N/c1-6-8-16-15(9-11-18-16)12-14(3)13-17(4,5)10-7-2/h6,8,13,18H,7,9-12H2,1-5H3/b8-6+,14-13+. The molecule has 1 N–H and O–H groups in total. The molecule has 0 amide bonds. The Hall–Kier alpha value is -0.980. The highest BCUT2D eigenvalue weighted by Gasteiger charge is 2.16. The Bertz CT molecular complexity index is 356. The molecule has 0 bridgehead atoms. The number of allylic oxidation sites excluding steroid dienone is 4. The summed E-state index contributed by atoms with van der Waals surface area (Å²) in [6, 6.07) is 0. The third kappa shape index (κ3) is 4.72. The van der Waals surface area contributed by atoms with E-state index in [0.29, 0.717) is 5.41 Å². The lowest BCUT2D eigenvalue weighted by Gasteiger charge is -2.21. The first-order chi connectivity index (χ1) is 8.48. The van der Waals surface area contributed by atoms with Crippen LogP contribution in [0.25, 0.3) is 0 Å². The molecule has 1 aliphatic rings. The van der Waals surface area contributed by atoms with Crippen molar-refractivity contribution in [2.45, 2.75) is 60.3 Å². The summed E-state index contributed by atoms with van der Waals surface area (Å²) in [5, 5.41) is 3.47. The third-order valence-corrected chi connectivity index (χ3v) is 3.48. The van der Waals surface area contributed by atoms with Crippen LogP contribution in [0.5, 0.6) is 0 Å². The first kappa shape index (κ1) is 15.1. The summed E-state index contributed by atoms with van der Waals surface area (Å²) in [4.78, 5) is 0. The second kappa shape index (κ2) is 6.82. The van der Waals surface area contributed by atoms with Gasteiger partial charge in [-0.25, -0.2) is 0 Å². The number of rotatable bonds is 6. The summed E-state index contributed by atoms with van der Waals surface area (Å²) in [7, 11) is 0. The van der Waals surface area contributed by atoms with Gasteiger partial charge in [-0.1, -0.05) is 44.9 Å². The largest absolute Gasteiger partial charge is 0.385 e. The maximum absolute atomic E-state index is 3.47. The molecule has 0 saturated carbocycles. The monoisotopic (exact) mass is 247 g/mol.